The van der Waals surface area contributed by atoms with Crippen LogP contribution in [0.3, 0.4) is 0 Å². The second-order valence-electron chi connectivity index (χ2n) is 3.12. The van der Waals surface area contributed by atoms with E-state index in [1.807, 2.05) is 0 Å². The summed E-state index contributed by atoms with van der Waals surface area (Å²) in [6.07, 6.45) is 0. The Bertz CT molecular complexity index is 456. The van der Waals surface area contributed by atoms with Gasteiger partial charge >= 0.3 is 0 Å². The standard InChI is InChI=1S/C11H10FN3O/c12-8-1-4-10(5-2-8)16-11-6-3-9(7-13)14-15-11/h1-6H,7,13H2. The van der Waals surface area contributed by atoms with E-state index in [2.05, 4.69) is 10.2 Å². The summed E-state index contributed by atoms with van der Waals surface area (Å²) >= 11 is 0. The molecule has 0 bridgehead atoms. The molecule has 1 heterocycles. The number of hydrogen-bond donors (Lipinski definition) is 1. The number of aromatic nitrogens is 2. The number of hydrogen-bond acceptors (Lipinski definition) is 4. The maximum absolute atomic E-state index is 12.6. The highest BCUT2D eigenvalue weighted by Crippen LogP contribution is 2.18. The number of nitrogens with zero attached hydrogens (tertiary/aromatic N) is 2. The monoisotopic (exact) mass is 219 g/mol. The van der Waals surface area contributed by atoms with Crippen LogP contribution in [0.25, 0.3) is 0 Å². The van der Waals surface area contributed by atoms with Crippen LogP contribution in [0.5, 0.6) is 11.6 Å². The summed E-state index contributed by atoms with van der Waals surface area (Å²) < 4.78 is 18.0. The quantitative estimate of drug-likeness (QED) is 0.855. The van der Waals surface area contributed by atoms with Crippen molar-refractivity contribution in [3.05, 3.63) is 47.9 Å². The number of rotatable bonds is 3. The largest absolute Gasteiger partial charge is 0.438 e. The minimum absolute atomic E-state index is 0.308. The molecule has 0 saturated carbocycles. The Morgan fingerprint density at radius 2 is 1.81 bits per heavy atom. The van der Waals surface area contributed by atoms with Crippen molar-refractivity contribution >= 4 is 0 Å². The first kappa shape index (κ1) is 10.5. The van der Waals surface area contributed by atoms with E-state index in [0.717, 1.165) is 0 Å². The summed E-state index contributed by atoms with van der Waals surface area (Å²) in [7, 11) is 0. The molecule has 0 radical (unpaired) electrons. The van der Waals surface area contributed by atoms with Crippen LogP contribution in [0.4, 0.5) is 4.39 Å². The van der Waals surface area contributed by atoms with Gasteiger partial charge in [-0.1, -0.05) is 0 Å². The van der Waals surface area contributed by atoms with Crippen molar-refractivity contribution in [2.24, 2.45) is 5.73 Å². The molecule has 1 aromatic heterocycles. The zero-order valence-electron chi connectivity index (χ0n) is 8.43. The Hall–Kier alpha value is -2.01. The zero-order chi connectivity index (χ0) is 11.4. The van der Waals surface area contributed by atoms with Crippen molar-refractivity contribution in [2.75, 3.05) is 0 Å². The molecular weight excluding hydrogens is 209 g/mol. The number of ether oxygens (including phenoxy) is 1. The van der Waals surface area contributed by atoms with Crippen molar-refractivity contribution in [1.29, 1.82) is 0 Å². The molecule has 0 unspecified atom stereocenters. The Morgan fingerprint density at radius 1 is 1.06 bits per heavy atom. The SMILES string of the molecule is NCc1ccc(Oc2ccc(F)cc2)nn1. The molecule has 0 aliphatic heterocycles. The highest BCUT2D eigenvalue weighted by Gasteiger charge is 2.00. The Morgan fingerprint density at radius 3 is 2.38 bits per heavy atom. The molecule has 0 amide bonds. The van der Waals surface area contributed by atoms with Crippen LogP contribution >= 0.6 is 0 Å². The third kappa shape index (κ3) is 2.52. The van der Waals surface area contributed by atoms with Gasteiger partial charge in [0.05, 0.1) is 5.69 Å². The third-order valence-corrected chi connectivity index (χ3v) is 1.94. The van der Waals surface area contributed by atoms with Gasteiger partial charge in [-0.05, 0) is 30.3 Å². The molecule has 2 aromatic rings. The molecule has 0 aliphatic rings. The smallest absolute Gasteiger partial charge is 0.238 e. The number of benzene rings is 1. The molecule has 0 spiro atoms. The van der Waals surface area contributed by atoms with Crippen LogP contribution in [0, 0.1) is 5.82 Å². The van der Waals surface area contributed by atoms with Gasteiger partial charge in [0.25, 0.3) is 0 Å². The lowest BCUT2D eigenvalue weighted by Gasteiger charge is -2.03. The van der Waals surface area contributed by atoms with Crippen molar-refractivity contribution < 1.29 is 9.13 Å². The van der Waals surface area contributed by atoms with Gasteiger partial charge in [-0.25, -0.2) is 4.39 Å². The predicted molar refractivity (Wildman–Crippen MR) is 56.4 cm³/mol. The first-order valence-electron chi connectivity index (χ1n) is 4.74. The number of nitrogens with two attached hydrogens (primary N) is 1. The summed E-state index contributed by atoms with van der Waals surface area (Å²) in [6.45, 7) is 0.337. The normalized spacial score (nSPS) is 10.1. The molecule has 16 heavy (non-hydrogen) atoms. The van der Waals surface area contributed by atoms with Crippen LogP contribution < -0.4 is 10.5 Å². The molecule has 82 valence electrons. The second kappa shape index (κ2) is 4.67. The van der Waals surface area contributed by atoms with Gasteiger partial charge in [-0.3, -0.25) is 0 Å². The highest BCUT2D eigenvalue weighted by molar-refractivity contribution is 5.26. The van der Waals surface area contributed by atoms with Crippen molar-refractivity contribution in [3.8, 4) is 11.6 Å². The van der Waals surface area contributed by atoms with Gasteiger partial charge in [0, 0.05) is 12.6 Å². The molecule has 0 atom stereocenters. The lowest BCUT2D eigenvalue weighted by Crippen LogP contribution is -2.01. The van der Waals surface area contributed by atoms with Crippen LogP contribution in [-0.4, -0.2) is 10.2 Å². The summed E-state index contributed by atoms with van der Waals surface area (Å²) in [5, 5.41) is 7.66. The summed E-state index contributed by atoms with van der Waals surface area (Å²) in [5.41, 5.74) is 6.07. The van der Waals surface area contributed by atoms with E-state index in [4.69, 9.17) is 10.5 Å². The minimum atomic E-state index is -0.308. The van der Waals surface area contributed by atoms with E-state index < -0.39 is 0 Å². The van der Waals surface area contributed by atoms with Crippen LogP contribution in [0.15, 0.2) is 36.4 Å². The zero-order valence-corrected chi connectivity index (χ0v) is 8.43. The Kier molecular flexibility index (Phi) is 3.07. The minimum Gasteiger partial charge on any atom is -0.438 e. The van der Waals surface area contributed by atoms with Gasteiger partial charge < -0.3 is 10.5 Å². The topological polar surface area (TPSA) is 61.0 Å². The third-order valence-electron chi connectivity index (χ3n) is 1.94. The lowest BCUT2D eigenvalue weighted by molar-refractivity contribution is 0.452. The first-order chi connectivity index (χ1) is 7.78. The maximum Gasteiger partial charge on any atom is 0.238 e. The molecule has 2 N–H and O–H groups in total. The van der Waals surface area contributed by atoms with Gasteiger partial charge in [0.1, 0.15) is 11.6 Å². The van der Waals surface area contributed by atoms with Gasteiger partial charge in [-0.2, -0.15) is 5.10 Å². The maximum atomic E-state index is 12.6. The Labute approximate surface area is 91.9 Å². The van der Waals surface area contributed by atoms with E-state index in [-0.39, 0.29) is 5.82 Å². The lowest BCUT2D eigenvalue weighted by atomic mass is 10.3. The van der Waals surface area contributed by atoms with Gasteiger partial charge in [0.2, 0.25) is 5.88 Å². The van der Waals surface area contributed by atoms with Crippen LogP contribution in [-0.2, 0) is 6.54 Å². The molecule has 0 aliphatic carbocycles. The van der Waals surface area contributed by atoms with Crippen molar-refractivity contribution in [2.45, 2.75) is 6.54 Å². The van der Waals surface area contributed by atoms with E-state index in [9.17, 15) is 4.39 Å². The molecule has 2 rings (SSSR count). The van der Waals surface area contributed by atoms with E-state index in [0.29, 0.717) is 23.9 Å². The first-order valence-corrected chi connectivity index (χ1v) is 4.74. The van der Waals surface area contributed by atoms with Crippen molar-refractivity contribution in [3.63, 3.8) is 0 Å². The molecule has 4 nitrogen and oxygen atoms in total. The fraction of sp³-hybridized carbons (Fsp3) is 0.0909. The highest BCUT2D eigenvalue weighted by atomic mass is 19.1. The fourth-order valence-electron chi connectivity index (χ4n) is 1.13. The average Bonchev–Trinajstić information content (AvgIpc) is 2.33. The summed E-state index contributed by atoms with van der Waals surface area (Å²) in [4.78, 5) is 0. The van der Waals surface area contributed by atoms with E-state index in [1.165, 1.54) is 24.3 Å². The molecular formula is C11H10FN3O. The summed E-state index contributed by atoms with van der Waals surface area (Å²) in [5.74, 6) is 0.553. The van der Waals surface area contributed by atoms with Gasteiger partial charge in [-0.15, -0.1) is 5.10 Å². The molecule has 0 fully saturated rings. The predicted octanol–water partition coefficient (Wildman–Crippen LogP) is 1.87. The average molecular weight is 219 g/mol. The fourth-order valence-corrected chi connectivity index (χ4v) is 1.13. The van der Waals surface area contributed by atoms with Crippen LogP contribution in [0.1, 0.15) is 5.69 Å². The van der Waals surface area contributed by atoms with E-state index >= 15 is 0 Å². The van der Waals surface area contributed by atoms with Crippen molar-refractivity contribution in [1.82, 2.24) is 10.2 Å². The number of halogens is 1. The summed E-state index contributed by atoms with van der Waals surface area (Å²) in [6, 6.07) is 9.07. The van der Waals surface area contributed by atoms with E-state index in [1.54, 1.807) is 12.1 Å². The molecule has 0 saturated heterocycles. The molecule has 5 heteroatoms. The molecule has 1 aromatic carbocycles. The van der Waals surface area contributed by atoms with Crippen LogP contribution in [0.2, 0.25) is 0 Å². The second-order valence-corrected chi connectivity index (χ2v) is 3.12. The Balaban J connectivity index is 2.11. The van der Waals surface area contributed by atoms with Gasteiger partial charge in [0.15, 0.2) is 0 Å².